The normalized spacial score (nSPS) is 9.40. The molecule has 0 bridgehead atoms. The van der Waals surface area contributed by atoms with Gasteiger partial charge in [0.1, 0.15) is 5.56 Å². The SMILES string of the molecule is CCOC(=O)c1c[nH]c2ccc(C#CC#N)cc2c1=O. The van der Waals surface area contributed by atoms with Crippen LogP contribution in [0.5, 0.6) is 0 Å². The van der Waals surface area contributed by atoms with Crippen molar-refractivity contribution >= 4 is 16.9 Å². The smallest absolute Gasteiger partial charge is 0.343 e. The highest BCUT2D eigenvalue weighted by Crippen LogP contribution is 2.11. The van der Waals surface area contributed by atoms with Crippen molar-refractivity contribution in [2.75, 3.05) is 6.61 Å². The number of nitriles is 1. The first kappa shape index (κ1) is 13.4. The van der Waals surface area contributed by atoms with Gasteiger partial charge < -0.3 is 9.72 Å². The van der Waals surface area contributed by atoms with E-state index in [-0.39, 0.29) is 12.2 Å². The van der Waals surface area contributed by atoms with E-state index in [9.17, 15) is 9.59 Å². The van der Waals surface area contributed by atoms with Crippen LogP contribution in [-0.4, -0.2) is 17.6 Å². The minimum absolute atomic E-state index is 0.0512. The van der Waals surface area contributed by atoms with E-state index in [2.05, 4.69) is 16.8 Å². The summed E-state index contributed by atoms with van der Waals surface area (Å²) in [5.74, 6) is 4.20. The Balaban J connectivity index is 2.62. The molecular formula is C15H10N2O3. The fraction of sp³-hybridized carbons (Fsp3) is 0.133. The van der Waals surface area contributed by atoms with Crippen molar-refractivity contribution in [2.24, 2.45) is 0 Å². The van der Waals surface area contributed by atoms with Crippen molar-refractivity contribution in [3.8, 4) is 17.9 Å². The molecule has 0 radical (unpaired) electrons. The number of rotatable bonds is 2. The molecule has 2 aromatic rings. The van der Waals surface area contributed by atoms with Gasteiger partial charge in [-0.3, -0.25) is 4.79 Å². The molecule has 0 unspecified atom stereocenters. The summed E-state index contributed by atoms with van der Waals surface area (Å²) in [6.07, 6.45) is 1.34. The van der Waals surface area contributed by atoms with E-state index in [0.29, 0.717) is 16.5 Å². The van der Waals surface area contributed by atoms with E-state index in [1.165, 1.54) is 6.20 Å². The number of carbonyl (C=O) groups excluding carboxylic acids is 1. The summed E-state index contributed by atoms with van der Waals surface area (Å²) >= 11 is 0. The highest BCUT2D eigenvalue weighted by Gasteiger charge is 2.13. The third-order valence-electron chi connectivity index (χ3n) is 2.64. The van der Waals surface area contributed by atoms with Gasteiger partial charge in [0.15, 0.2) is 6.07 Å². The molecule has 0 amide bonds. The number of benzene rings is 1. The highest BCUT2D eigenvalue weighted by molar-refractivity contribution is 5.93. The zero-order chi connectivity index (χ0) is 14.5. The van der Waals surface area contributed by atoms with Crippen molar-refractivity contribution in [1.29, 1.82) is 5.26 Å². The zero-order valence-corrected chi connectivity index (χ0v) is 10.7. The summed E-state index contributed by atoms with van der Waals surface area (Å²) < 4.78 is 4.82. The van der Waals surface area contributed by atoms with E-state index in [1.54, 1.807) is 31.2 Å². The average Bonchev–Trinajstić information content (AvgIpc) is 2.46. The quantitative estimate of drug-likeness (QED) is 0.660. The average molecular weight is 266 g/mol. The molecular weight excluding hydrogens is 256 g/mol. The fourth-order valence-corrected chi connectivity index (χ4v) is 1.76. The molecule has 0 aliphatic heterocycles. The Bertz CT molecular complexity index is 832. The number of aromatic amines is 1. The van der Waals surface area contributed by atoms with Crippen LogP contribution >= 0.6 is 0 Å². The first-order valence-corrected chi connectivity index (χ1v) is 5.90. The molecule has 1 aromatic carbocycles. The molecule has 98 valence electrons. The lowest BCUT2D eigenvalue weighted by molar-refractivity contribution is 0.0524. The van der Waals surface area contributed by atoms with Crippen LogP contribution in [0.1, 0.15) is 22.8 Å². The molecule has 0 saturated heterocycles. The minimum Gasteiger partial charge on any atom is -0.462 e. The predicted molar refractivity (Wildman–Crippen MR) is 73.0 cm³/mol. The van der Waals surface area contributed by atoms with Crippen molar-refractivity contribution in [2.45, 2.75) is 6.92 Å². The van der Waals surface area contributed by atoms with Gasteiger partial charge in [0.05, 0.1) is 6.61 Å². The van der Waals surface area contributed by atoms with E-state index in [1.807, 2.05) is 0 Å². The van der Waals surface area contributed by atoms with Gasteiger partial charge in [-0.1, -0.05) is 5.92 Å². The number of esters is 1. The number of ether oxygens (including phenoxy) is 1. The molecule has 5 heteroatoms. The van der Waals surface area contributed by atoms with Gasteiger partial charge in [0, 0.05) is 28.6 Å². The number of hydrogen-bond acceptors (Lipinski definition) is 4. The largest absolute Gasteiger partial charge is 0.462 e. The maximum absolute atomic E-state index is 12.2. The molecule has 20 heavy (non-hydrogen) atoms. The van der Waals surface area contributed by atoms with Gasteiger partial charge in [-0.05, 0) is 25.1 Å². The Morgan fingerprint density at radius 2 is 2.25 bits per heavy atom. The second-order valence-corrected chi connectivity index (χ2v) is 3.87. The Labute approximate surface area is 114 Å². The first-order chi connectivity index (χ1) is 9.67. The molecule has 0 spiro atoms. The fourth-order valence-electron chi connectivity index (χ4n) is 1.76. The number of fused-ring (bicyclic) bond motifs is 1. The molecule has 0 atom stereocenters. The van der Waals surface area contributed by atoms with Gasteiger partial charge in [-0.2, -0.15) is 5.26 Å². The van der Waals surface area contributed by atoms with Crippen molar-refractivity contribution in [3.63, 3.8) is 0 Å². The van der Waals surface area contributed by atoms with E-state index in [4.69, 9.17) is 10.00 Å². The van der Waals surface area contributed by atoms with Crippen LogP contribution in [0.3, 0.4) is 0 Å². The van der Waals surface area contributed by atoms with Crippen LogP contribution in [0.15, 0.2) is 29.2 Å². The third-order valence-corrected chi connectivity index (χ3v) is 2.64. The summed E-state index contributed by atoms with van der Waals surface area (Å²) in [7, 11) is 0. The van der Waals surface area contributed by atoms with Gasteiger partial charge in [-0.25, -0.2) is 4.79 Å². The lowest BCUT2D eigenvalue weighted by atomic mass is 10.1. The monoisotopic (exact) mass is 266 g/mol. The van der Waals surface area contributed by atoms with Crippen molar-refractivity contribution in [3.05, 3.63) is 45.7 Å². The Kier molecular flexibility index (Phi) is 3.83. The molecule has 0 aliphatic rings. The molecule has 0 aliphatic carbocycles. The highest BCUT2D eigenvalue weighted by atomic mass is 16.5. The Hall–Kier alpha value is -3.05. The van der Waals surface area contributed by atoms with Gasteiger partial charge in [0.25, 0.3) is 0 Å². The summed E-state index contributed by atoms with van der Waals surface area (Å²) in [6, 6.07) is 6.61. The summed E-state index contributed by atoms with van der Waals surface area (Å²) in [5.41, 5.74) is 0.652. The van der Waals surface area contributed by atoms with E-state index >= 15 is 0 Å². The van der Waals surface area contributed by atoms with E-state index < -0.39 is 11.4 Å². The van der Waals surface area contributed by atoms with Gasteiger partial charge in [0.2, 0.25) is 5.43 Å². The van der Waals surface area contributed by atoms with Crippen LogP contribution in [0.4, 0.5) is 0 Å². The number of carbonyl (C=O) groups is 1. The number of pyridine rings is 1. The maximum atomic E-state index is 12.2. The number of nitrogens with zero attached hydrogens (tertiary/aromatic N) is 1. The van der Waals surface area contributed by atoms with Crippen molar-refractivity contribution < 1.29 is 9.53 Å². The van der Waals surface area contributed by atoms with Crippen molar-refractivity contribution in [1.82, 2.24) is 4.98 Å². The van der Waals surface area contributed by atoms with Crippen LogP contribution < -0.4 is 5.43 Å². The third kappa shape index (κ3) is 2.52. The minimum atomic E-state index is -0.663. The number of nitrogens with one attached hydrogen (secondary N) is 1. The predicted octanol–water partition coefficient (Wildman–Crippen LogP) is 1.58. The van der Waals surface area contributed by atoms with Crippen LogP contribution in [-0.2, 0) is 4.74 Å². The number of H-pyrrole nitrogens is 1. The summed E-state index contributed by atoms with van der Waals surface area (Å²) in [6.45, 7) is 1.87. The number of hydrogen-bond donors (Lipinski definition) is 1. The summed E-state index contributed by atoms with van der Waals surface area (Å²) in [5, 5.41) is 8.75. The maximum Gasteiger partial charge on any atom is 0.343 e. The lowest BCUT2D eigenvalue weighted by Crippen LogP contribution is -2.18. The van der Waals surface area contributed by atoms with Gasteiger partial charge >= 0.3 is 5.97 Å². The molecule has 0 saturated carbocycles. The lowest BCUT2D eigenvalue weighted by Gasteiger charge is -2.03. The second kappa shape index (κ2) is 5.73. The first-order valence-electron chi connectivity index (χ1n) is 5.90. The Morgan fingerprint density at radius 1 is 1.45 bits per heavy atom. The van der Waals surface area contributed by atoms with Crippen LogP contribution in [0, 0.1) is 23.2 Å². The molecule has 1 heterocycles. The molecule has 0 fully saturated rings. The Morgan fingerprint density at radius 3 is 2.95 bits per heavy atom. The van der Waals surface area contributed by atoms with Crippen LogP contribution in [0.2, 0.25) is 0 Å². The van der Waals surface area contributed by atoms with Crippen LogP contribution in [0.25, 0.3) is 10.9 Å². The molecule has 5 nitrogen and oxygen atoms in total. The molecule has 1 N–H and O–H groups in total. The number of aromatic nitrogens is 1. The van der Waals surface area contributed by atoms with E-state index in [0.717, 1.165) is 0 Å². The zero-order valence-electron chi connectivity index (χ0n) is 10.7. The standard InChI is InChI=1S/C15H10N2O3/c1-2-20-15(19)12-9-17-13-6-5-10(4-3-7-16)8-11(13)14(12)18/h5-6,8-9H,2H2,1H3,(H,17,18). The second-order valence-electron chi connectivity index (χ2n) is 3.87. The molecule has 1 aromatic heterocycles. The topological polar surface area (TPSA) is 82.9 Å². The molecule has 2 rings (SSSR count). The van der Waals surface area contributed by atoms with Gasteiger partial charge in [-0.15, -0.1) is 0 Å². The summed E-state index contributed by atoms with van der Waals surface area (Å²) in [4.78, 5) is 26.8.